The van der Waals surface area contributed by atoms with Gasteiger partial charge in [0.15, 0.2) is 0 Å². The second-order valence-electron chi connectivity index (χ2n) is 7.38. The molecule has 0 aliphatic heterocycles. The number of benzene rings is 1. The standard InChI is InChI=1S/C20H33N/c1-5-17-7-9-18(10-8-17)13-20-12-16(4)6-11-19(20)14-21-15(2)3/h7-10,15-16,19-21H,5-6,11-14H2,1-4H3. The van der Waals surface area contributed by atoms with Crippen LogP contribution in [0, 0.1) is 17.8 Å². The first-order chi connectivity index (χ1) is 10.1. The highest BCUT2D eigenvalue weighted by molar-refractivity contribution is 5.23. The fraction of sp³-hybridized carbons (Fsp3) is 0.700. The zero-order valence-electron chi connectivity index (χ0n) is 14.4. The van der Waals surface area contributed by atoms with Crippen LogP contribution in [0.5, 0.6) is 0 Å². The minimum Gasteiger partial charge on any atom is -0.314 e. The lowest BCUT2D eigenvalue weighted by molar-refractivity contribution is 0.181. The van der Waals surface area contributed by atoms with E-state index in [9.17, 15) is 0 Å². The quantitative estimate of drug-likeness (QED) is 0.789. The molecule has 0 spiro atoms. The number of nitrogens with one attached hydrogen (secondary N) is 1. The van der Waals surface area contributed by atoms with E-state index in [1.54, 1.807) is 0 Å². The number of hydrogen-bond acceptors (Lipinski definition) is 1. The third-order valence-electron chi connectivity index (χ3n) is 5.12. The molecule has 0 heterocycles. The first kappa shape index (κ1) is 16.5. The van der Waals surface area contributed by atoms with Crippen LogP contribution in [-0.4, -0.2) is 12.6 Å². The average Bonchev–Trinajstić information content (AvgIpc) is 2.47. The summed E-state index contributed by atoms with van der Waals surface area (Å²) in [6.45, 7) is 10.4. The van der Waals surface area contributed by atoms with Gasteiger partial charge in [-0.25, -0.2) is 0 Å². The van der Waals surface area contributed by atoms with Crippen molar-refractivity contribution in [2.45, 2.75) is 65.8 Å². The van der Waals surface area contributed by atoms with Crippen molar-refractivity contribution in [1.82, 2.24) is 5.32 Å². The summed E-state index contributed by atoms with van der Waals surface area (Å²) >= 11 is 0. The Kier molecular flexibility index (Phi) is 6.29. The van der Waals surface area contributed by atoms with Gasteiger partial charge >= 0.3 is 0 Å². The van der Waals surface area contributed by atoms with E-state index >= 15 is 0 Å². The first-order valence-electron chi connectivity index (χ1n) is 8.89. The van der Waals surface area contributed by atoms with Gasteiger partial charge in [-0.1, -0.05) is 58.4 Å². The van der Waals surface area contributed by atoms with Crippen molar-refractivity contribution in [2.75, 3.05) is 6.54 Å². The van der Waals surface area contributed by atoms with E-state index in [-0.39, 0.29) is 0 Å². The van der Waals surface area contributed by atoms with Crippen molar-refractivity contribution >= 4 is 0 Å². The molecule has 118 valence electrons. The normalized spacial score (nSPS) is 26.2. The molecule has 1 aromatic rings. The molecule has 0 aromatic heterocycles. The van der Waals surface area contributed by atoms with Gasteiger partial charge in [0, 0.05) is 6.04 Å². The average molecular weight is 287 g/mol. The fourth-order valence-electron chi connectivity index (χ4n) is 3.68. The second kappa shape index (κ2) is 7.98. The smallest absolute Gasteiger partial charge is 0.00104 e. The van der Waals surface area contributed by atoms with Crippen LogP contribution in [0.1, 0.15) is 58.1 Å². The lowest BCUT2D eigenvalue weighted by Crippen LogP contribution is -2.36. The largest absolute Gasteiger partial charge is 0.314 e. The van der Waals surface area contributed by atoms with Crippen molar-refractivity contribution in [1.29, 1.82) is 0 Å². The van der Waals surface area contributed by atoms with Gasteiger partial charge in [0.1, 0.15) is 0 Å². The molecule has 0 saturated heterocycles. The van der Waals surface area contributed by atoms with E-state index in [4.69, 9.17) is 0 Å². The summed E-state index contributed by atoms with van der Waals surface area (Å²) in [5.41, 5.74) is 2.98. The molecule has 2 rings (SSSR count). The van der Waals surface area contributed by atoms with Crippen LogP contribution in [0.4, 0.5) is 0 Å². The Bertz CT molecular complexity index is 406. The Labute approximate surface area is 131 Å². The van der Waals surface area contributed by atoms with Gasteiger partial charge in [0.05, 0.1) is 0 Å². The SMILES string of the molecule is CCc1ccc(CC2CC(C)CCC2CNC(C)C)cc1. The summed E-state index contributed by atoms with van der Waals surface area (Å²) in [7, 11) is 0. The molecule has 1 nitrogen and oxygen atoms in total. The molecule has 0 amide bonds. The Balaban J connectivity index is 1.97. The highest BCUT2D eigenvalue weighted by Crippen LogP contribution is 2.35. The topological polar surface area (TPSA) is 12.0 Å². The van der Waals surface area contributed by atoms with Crippen LogP contribution in [0.15, 0.2) is 24.3 Å². The molecule has 1 aromatic carbocycles. The van der Waals surface area contributed by atoms with Gasteiger partial charge in [-0.05, 0) is 61.1 Å². The van der Waals surface area contributed by atoms with E-state index < -0.39 is 0 Å². The molecule has 1 aliphatic rings. The van der Waals surface area contributed by atoms with Gasteiger partial charge < -0.3 is 5.32 Å². The maximum Gasteiger partial charge on any atom is 0.00104 e. The van der Waals surface area contributed by atoms with E-state index in [0.717, 1.165) is 24.2 Å². The van der Waals surface area contributed by atoms with Crippen LogP contribution in [-0.2, 0) is 12.8 Å². The Morgan fingerprint density at radius 3 is 2.33 bits per heavy atom. The summed E-state index contributed by atoms with van der Waals surface area (Å²) in [4.78, 5) is 0. The molecule has 1 aliphatic carbocycles. The zero-order valence-corrected chi connectivity index (χ0v) is 14.4. The van der Waals surface area contributed by atoms with Crippen LogP contribution < -0.4 is 5.32 Å². The van der Waals surface area contributed by atoms with Gasteiger partial charge in [-0.15, -0.1) is 0 Å². The van der Waals surface area contributed by atoms with Gasteiger partial charge in [-0.3, -0.25) is 0 Å². The fourth-order valence-corrected chi connectivity index (χ4v) is 3.68. The van der Waals surface area contributed by atoms with E-state index in [1.165, 1.54) is 43.4 Å². The number of hydrogen-bond donors (Lipinski definition) is 1. The van der Waals surface area contributed by atoms with Gasteiger partial charge in [-0.2, -0.15) is 0 Å². The van der Waals surface area contributed by atoms with Crippen LogP contribution in [0.3, 0.4) is 0 Å². The molecule has 3 unspecified atom stereocenters. The lowest BCUT2D eigenvalue weighted by Gasteiger charge is -2.36. The van der Waals surface area contributed by atoms with Gasteiger partial charge in [0.25, 0.3) is 0 Å². The van der Waals surface area contributed by atoms with Crippen molar-refractivity contribution in [3.05, 3.63) is 35.4 Å². The monoisotopic (exact) mass is 287 g/mol. The predicted octanol–water partition coefficient (Wildman–Crippen LogP) is 4.84. The van der Waals surface area contributed by atoms with Crippen molar-refractivity contribution < 1.29 is 0 Å². The minimum absolute atomic E-state index is 0.605. The molecule has 1 N–H and O–H groups in total. The van der Waals surface area contributed by atoms with E-state index in [0.29, 0.717) is 6.04 Å². The minimum atomic E-state index is 0.605. The molecule has 0 radical (unpaired) electrons. The highest BCUT2D eigenvalue weighted by atomic mass is 14.9. The van der Waals surface area contributed by atoms with Crippen LogP contribution >= 0.6 is 0 Å². The lowest BCUT2D eigenvalue weighted by atomic mass is 9.72. The third-order valence-corrected chi connectivity index (χ3v) is 5.12. The van der Waals surface area contributed by atoms with Crippen LogP contribution in [0.2, 0.25) is 0 Å². The number of aryl methyl sites for hydroxylation is 1. The number of rotatable bonds is 6. The Morgan fingerprint density at radius 2 is 1.71 bits per heavy atom. The molecule has 1 saturated carbocycles. The zero-order chi connectivity index (χ0) is 15.2. The van der Waals surface area contributed by atoms with Gasteiger partial charge in [0.2, 0.25) is 0 Å². The Morgan fingerprint density at radius 1 is 1.05 bits per heavy atom. The predicted molar refractivity (Wildman–Crippen MR) is 92.7 cm³/mol. The summed E-state index contributed by atoms with van der Waals surface area (Å²) in [5, 5.41) is 3.66. The van der Waals surface area contributed by atoms with Crippen molar-refractivity contribution in [3.8, 4) is 0 Å². The van der Waals surface area contributed by atoms with Crippen molar-refractivity contribution in [2.24, 2.45) is 17.8 Å². The maximum atomic E-state index is 3.66. The van der Waals surface area contributed by atoms with Crippen LogP contribution in [0.25, 0.3) is 0 Å². The highest BCUT2D eigenvalue weighted by Gasteiger charge is 2.28. The molecule has 1 heteroatoms. The molecule has 1 fully saturated rings. The summed E-state index contributed by atoms with van der Waals surface area (Å²) < 4.78 is 0. The third kappa shape index (κ3) is 5.14. The summed E-state index contributed by atoms with van der Waals surface area (Å²) in [6, 6.07) is 9.93. The first-order valence-corrected chi connectivity index (χ1v) is 8.89. The molecular weight excluding hydrogens is 254 g/mol. The molecule has 3 atom stereocenters. The molecule has 0 bridgehead atoms. The molecular formula is C20H33N. The Hall–Kier alpha value is -0.820. The summed E-state index contributed by atoms with van der Waals surface area (Å²) in [5.74, 6) is 2.61. The molecule has 21 heavy (non-hydrogen) atoms. The maximum absolute atomic E-state index is 3.66. The van der Waals surface area contributed by atoms with E-state index in [2.05, 4.69) is 57.3 Å². The summed E-state index contributed by atoms with van der Waals surface area (Å²) in [6.07, 6.45) is 6.62. The van der Waals surface area contributed by atoms with Crippen molar-refractivity contribution in [3.63, 3.8) is 0 Å². The second-order valence-corrected chi connectivity index (χ2v) is 7.38. The van der Waals surface area contributed by atoms with E-state index in [1.807, 2.05) is 0 Å².